The van der Waals surface area contributed by atoms with Gasteiger partial charge in [-0.05, 0) is 13.0 Å². The normalized spacial score (nSPS) is 33.8. The molecule has 0 radical (unpaired) electrons. The molecular formula is C7H14ClN3O. The van der Waals surface area contributed by atoms with Gasteiger partial charge in [0.15, 0.2) is 0 Å². The number of likely N-dealkylation sites (N-methyl/N-ethyl adjacent to an activating group) is 1. The Kier molecular flexibility index (Phi) is 2.80. The molecule has 2 heterocycles. The first-order valence-corrected chi connectivity index (χ1v) is 4.03. The van der Waals surface area contributed by atoms with Gasteiger partial charge in [0.05, 0.1) is 12.1 Å². The van der Waals surface area contributed by atoms with Crippen molar-refractivity contribution >= 4 is 18.4 Å². The number of nitrogens with zero attached hydrogens (tertiary/aromatic N) is 1. The molecule has 0 aliphatic carbocycles. The van der Waals surface area contributed by atoms with Gasteiger partial charge in [0.2, 0.25) is 0 Å². The average molecular weight is 192 g/mol. The molecule has 0 unspecified atom stereocenters. The lowest BCUT2D eigenvalue weighted by Gasteiger charge is -2.27. The minimum Gasteiger partial charge on any atom is -0.332 e. The lowest BCUT2D eigenvalue weighted by molar-refractivity contribution is 0.210. The summed E-state index contributed by atoms with van der Waals surface area (Å²) in [7, 11) is 1.87. The summed E-state index contributed by atoms with van der Waals surface area (Å²) in [6, 6.07) is 0.827. The van der Waals surface area contributed by atoms with Gasteiger partial charge in [-0.25, -0.2) is 4.79 Å². The number of carbonyl (C=O) groups is 1. The lowest BCUT2D eigenvalue weighted by atomic mass is 10.0. The fourth-order valence-corrected chi connectivity index (χ4v) is 1.87. The second kappa shape index (κ2) is 3.49. The van der Waals surface area contributed by atoms with Crippen LogP contribution in [0.5, 0.6) is 0 Å². The molecular weight excluding hydrogens is 178 g/mol. The highest BCUT2D eigenvalue weighted by molar-refractivity contribution is 5.85. The van der Waals surface area contributed by atoms with Crippen molar-refractivity contribution in [1.82, 2.24) is 15.5 Å². The van der Waals surface area contributed by atoms with E-state index >= 15 is 0 Å². The molecule has 2 rings (SSSR count). The Hall–Kier alpha value is -0.480. The van der Waals surface area contributed by atoms with E-state index in [0.717, 1.165) is 19.5 Å². The number of amides is 2. The monoisotopic (exact) mass is 191 g/mol. The number of hydrogen-bond acceptors (Lipinski definition) is 2. The quantitative estimate of drug-likeness (QED) is 0.557. The highest BCUT2D eigenvalue weighted by Gasteiger charge is 2.37. The molecule has 0 aromatic carbocycles. The van der Waals surface area contributed by atoms with Gasteiger partial charge in [0, 0.05) is 13.6 Å². The van der Waals surface area contributed by atoms with Crippen molar-refractivity contribution in [2.24, 2.45) is 0 Å². The summed E-state index contributed by atoms with van der Waals surface area (Å²) in [5.41, 5.74) is 0. The molecule has 0 saturated carbocycles. The van der Waals surface area contributed by atoms with Crippen LogP contribution >= 0.6 is 12.4 Å². The molecule has 0 spiro atoms. The second-order valence-electron chi connectivity index (χ2n) is 3.23. The van der Waals surface area contributed by atoms with Crippen LogP contribution in [0.15, 0.2) is 0 Å². The van der Waals surface area contributed by atoms with Crippen molar-refractivity contribution < 1.29 is 4.79 Å². The predicted molar refractivity (Wildman–Crippen MR) is 48.6 cm³/mol. The van der Waals surface area contributed by atoms with Crippen molar-refractivity contribution in [3.63, 3.8) is 0 Å². The standard InChI is InChI=1S/C7H13N3O.ClH/c1-10-6-2-3-8-4-5(6)9-7(10)11;/h5-6,8H,2-4H2,1H3,(H,9,11);1H/t5-,6-;/m0./s1. The van der Waals surface area contributed by atoms with E-state index in [1.807, 2.05) is 11.9 Å². The maximum Gasteiger partial charge on any atom is 0.317 e. The minimum absolute atomic E-state index is 0. The van der Waals surface area contributed by atoms with Crippen LogP contribution in [0.2, 0.25) is 0 Å². The maximum absolute atomic E-state index is 11.1. The predicted octanol–water partition coefficient (Wildman–Crippen LogP) is -0.206. The smallest absolute Gasteiger partial charge is 0.317 e. The first-order valence-electron chi connectivity index (χ1n) is 4.03. The van der Waals surface area contributed by atoms with E-state index in [1.54, 1.807) is 0 Å². The average Bonchev–Trinajstić information content (AvgIpc) is 2.30. The van der Waals surface area contributed by atoms with E-state index in [9.17, 15) is 4.79 Å². The molecule has 2 atom stereocenters. The Labute approximate surface area is 78.1 Å². The number of nitrogens with one attached hydrogen (secondary N) is 2. The van der Waals surface area contributed by atoms with Crippen LogP contribution in [0.4, 0.5) is 4.79 Å². The Balaban J connectivity index is 0.000000720. The summed E-state index contributed by atoms with van der Waals surface area (Å²) in [4.78, 5) is 12.9. The van der Waals surface area contributed by atoms with Gasteiger partial charge in [-0.2, -0.15) is 0 Å². The van der Waals surface area contributed by atoms with Gasteiger partial charge in [-0.3, -0.25) is 0 Å². The molecule has 0 bridgehead atoms. The molecule has 5 heteroatoms. The Morgan fingerprint density at radius 1 is 1.58 bits per heavy atom. The third-order valence-corrected chi connectivity index (χ3v) is 2.57. The summed E-state index contributed by atoms with van der Waals surface area (Å²) >= 11 is 0. The number of carbonyl (C=O) groups excluding carboxylic acids is 1. The zero-order chi connectivity index (χ0) is 7.84. The summed E-state index contributed by atoms with van der Waals surface area (Å²) < 4.78 is 0. The van der Waals surface area contributed by atoms with Gasteiger partial charge < -0.3 is 15.5 Å². The molecule has 2 aliphatic rings. The zero-order valence-corrected chi connectivity index (χ0v) is 7.86. The van der Waals surface area contributed by atoms with Gasteiger partial charge in [-0.15, -0.1) is 12.4 Å². The first kappa shape index (κ1) is 9.61. The third kappa shape index (κ3) is 1.36. The third-order valence-electron chi connectivity index (χ3n) is 2.57. The van der Waals surface area contributed by atoms with Gasteiger partial charge >= 0.3 is 6.03 Å². The van der Waals surface area contributed by atoms with E-state index in [1.165, 1.54) is 0 Å². The molecule has 2 aliphatic heterocycles. The summed E-state index contributed by atoms with van der Waals surface area (Å²) in [6.45, 7) is 1.95. The Morgan fingerprint density at radius 3 is 3.00 bits per heavy atom. The van der Waals surface area contributed by atoms with Crippen molar-refractivity contribution in [2.45, 2.75) is 18.5 Å². The summed E-state index contributed by atoms with van der Waals surface area (Å²) in [6.07, 6.45) is 1.07. The Morgan fingerprint density at radius 2 is 2.33 bits per heavy atom. The van der Waals surface area contributed by atoms with Gasteiger partial charge in [-0.1, -0.05) is 0 Å². The lowest BCUT2D eigenvalue weighted by Crippen LogP contribution is -2.48. The largest absolute Gasteiger partial charge is 0.332 e. The van der Waals surface area contributed by atoms with E-state index < -0.39 is 0 Å². The molecule has 2 amide bonds. The molecule has 2 fully saturated rings. The first-order chi connectivity index (χ1) is 5.29. The van der Waals surface area contributed by atoms with E-state index in [2.05, 4.69) is 10.6 Å². The highest BCUT2D eigenvalue weighted by atomic mass is 35.5. The fraction of sp³-hybridized carbons (Fsp3) is 0.857. The number of rotatable bonds is 0. The number of piperidine rings is 1. The summed E-state index contributed by atoms with van der Waals surface area (Å²) in [5, 5.41) is 6.19. The van der Waals surface area contributed by atoms with E-state index in [0.29, 0.717) is 12.1 Å². The van der Waals surface area contributed by atoms with Gasteiger partial charge in [0.25, 0.3) is 0 Å². The van der Waals surface area contributed by atoms with Crippen molar-refractivity contribution in [3.05, 3.63) is 0 Å². The number of halogens is 1. The van der Waals surface area contributed by atoms with Crippen molar-refractivity contribution in [1.29, 1.82) is 0 Å². The van der Waals surface area contributed by atoms with Crippen LogP contribution in [-0.2, 0) is 0 Å². The molecule has 12 heavy (non-hydrogen) atoms. The van der Waals surface area contributed by atoms with E-state index in [-0.39, 0.29) is 18.4 Å². The number of hydrogen-bond donors (Lipinski definition) is 2. The maximum atomic E-state index is 11.1. The Bertz CT molecular complexity index is 187. The SMILES string of the molecule is CN1C(=O)N[C@H]2CNCC[C@@H]21.Cl. The van der Waals surface area contributed by atoms with Crippen molar-refractivity contribution in [2.75, 3.05) is 20.1 Å². The van der Waals surface area contributed by atoms with Crippen LogP contribution in [0.1, 0.15) is 6.42 Å². The molecule has 0 aromatic heterocycles. The van der Waals surface area contributed by atoms with Gasteiger partial charge in [0.1, 0.15) is 0 Å². The topological polar surface area (TPSA) is 44.4 Å². The summed E-state index contributed by atoms with van der Waals surface area (Å²) in [5.74, 6) is 0. The zero-order valence-electron chi connectivity index (χ0n) is 7.04. The number of urea groups is 1. The van der Waals surface area contributed by atoms with Crippen LogP contribution in [-0.4, -0.2) is 43.2 Å². The van der Waals surface area contributed by atoms with Crippen LogP contribution in [0, 0.1) is 0 Å². The number of fused-ring (bicyclic) bond motifs is 1. The molecule has 2 saturated heterocycles. The van der Waals surface area contributed by atoms with Crippen LogP contribution < -0.4 is 10.6 Å². The fourth-order valence-electron chi connectivity index (χ4n) is 1.87. The van der Waals surface area contributed by atoms with E-state index in [4.69, 9.17) is 0 Å². The van der Waals surface area contributed by atoms with Crippen molar-refractivity contribution in [3.8, 4) is 0 Å². The second-order valence-corrected chi connectivity index (χ2v) is 3.23. The molecule has 0 aromatic rings. The molecule has 4 nitrogen and oxygen atoms in total. The van der Waals surface area contributed by atoms with Crippen LogP contribution in [0.25, 0.3) is 0 Å². The highest BCUT2D eigenvalue weighted by Crippen LogP contribution is 2.16. The molecule has 70 valence electrons. The molecule has 2 N–H and O–H groups in total. The minimum atomic E-state index is 0. The van der Waals surface area contributed by atoms with Crippen LogP contribution in [0.3, 0.4) is 0 Å².